The molecule has 8 heteroatoms. The highest BCUT2D eigenvalue weighted by Crippen LogP contribution is 2.34. The fourth-order valence-corrected chi connectivity index (χ4v) is 1.52. The van der Waals surface area contributed by atoms with Crippen molar-refractivity contribution in [1.82, 2.24) is 0 Å². The summed E-state index contributed by atoms with van der Waals surface area (Å²) in [7, 11) is 0. The van der Waals surface area contributed by atoms with Crippen LogP contribution in [0.3, 0.4) is 0 Å². The lowest BCUT2D eigenvalue weighted by atomic mass is 10.0. The number of carbonyl (C=O) groups is 2. The third-order valence-electron chi connectivity index (χ3n) is 2.47. The molecule has 0 aliphatic rings. The average Bonchev–Trinajstić information content (AvgIpc) is 2.37. The highest BCUT2D eigenvalue weighted by molar-refractivity contribution is 5.93. The largest absolute Gasteiger partial charge is 0.456 e. The van der Waals surface area contributed by atoms with E-state index < -0.39 is 35.8 Å². The van der Waals surface area contributed by atoms with E-state index in [1.54, 1.807) is 0 Å². The maximum Gasteiger partial charge on any atom is 0.417 e. The first kappa shape index (κ1) is 16.5. The van der Waals surface area contributed by atoms with Crippen molar-refractivity contribution >= 4 is 17.6 Å². The summed E-state index contributed by atoms with van der Waals surface area (Å²) in [5.41, 5.74) is -1.48. The summed E-state index contributed by atoms with van der Waals surface area (Å²) in [4.78, 5) is 22.0. The SMILES string of the molecule is CC(=O)OCC(=O)Nc1cc(C(F)(F)F)c(C#N)cc1C. The number of aryl methyl sites for hydroxylation is 1. The second kappa shape index (κ2) is 6.26. The minimum absolute atomic E-state index is 0.0986. The zero-order valence-electron chi connectivity index (χ0n) is 11.2. The first-order valence-electron chi connectivity index (χ1n) is 5.70. The number of nitrogens with one attached hydrogen (secondary N) is 1. The molecule has 1 aromatic carbocycles. The summed E-state index contributed by atoms with van der Waals surface area (Å²) in [5.74, 6) is -1.45. The Labute approximate surface area is 118 Å². The van der Waals surface area contributed by atoms with Crippen LogP contribution in [0.1, 0.15) is 23.6 Å². The maximum atomic E-state index is 12.8. The lowest BCUT2D eigenvalue weighted by Crippen LogP contribution is -2.21. The summed E-state index contributed by atoms with van der Waals surface area (Å²) in [6.45, 7) is 1.95. The van der Waals surface area contributed by atoms with Gasteiger partial charge < -0.3 is 10.1 Å². The zero-order valence-corrected chi connectivity index (χ0v) is 11.2. The number of alkyl halides is 3. The van der Waals surface area contributed by atoms with E-state index in [0.29, 0.717) is 6.07 Å². The van der Waals surface area contributed by atoms with E-state index >= 15 is 0 Å². The van der Waals surface area contributed by atoms with Crippen LogP contribution in [-0.4, -0.2) is 18.5 Å². The Morgan fingerprint density at radius 3 is 2.48 bits per heavy atom. The Kier molecular flexibility index (Phi) is 4.92. The number of nitrogens with zero attached hydrogens (tertiary/aromatic N) is 1. The molecule has 0 aliphatic heterocycles. The molecule has 1 N–H and O–H groups in total. The van der Waals surface area contributed by atoms with E-state index in [-0.39, 0.29) is 11.3 Å². The number of hydrogen-bond acceptors (Lipinski definition) is 4. The van der Waals surface area contributed by atoms with Gasteiger partial charge in [0.25, 0.3) is 5.91 Å². The highest BCUT2D eigenvalue weighted by atomic mass is 19.4. The van der Waals surface area contributed by atoms with Crippen LogP contribution in [0.4, 0.5) is 18.9 Å². The maximum absolute atomic E-state index is 12.8. The Morgan fingerprint density at radius 2 is 2.00 bits per heavy atom. The van der Waals surface area contributed by atoms with Crippen molar-refractivity contribution in [1.29, 1.82) is 5.26 Å². The molecule has 0 fully saturated rings. The summed E-state index contributed by atoms with van der Waals surface area (Å²) < 4.78 is 42.8. The molecule has 0 heterocycles. The molecule has 0 radical (unpaired) electrons. The molecule has 0 spiro atoms. The van der Waals surface area contributed by atoms with Crippen LogP contribution in [0.2, 0.25) is 0 Å². The van der Waals surface area contributed by atoms with Crippen LogP contribution in [0.15, 0.2) is 12.1 Å². The van der Waals surface area contributed by atoms with Crippen LogP contribution < -0.4 is 5.32 Å². The van der Waals surface area contributed by atoms with Crippen molar-refractivity contribution in [3.8, 4) is 6.07 Å². The molecule has 112 valence electrons. The molecule has 0 bridgehead atoms. The van der Waals surface area contributed by atoms with Gasteiger partial charge in [-0.2, -0.15) is 18.4 Å². The van der Waals surface area contributed by atoms with E-state index in [0.717, 1.165) is 13.0 Å². The molecule has 0 aromatic heterocycles. The molecule has 1 amide bonds. The molecule has 0 saturated carbocycles. The summed E-state index contributed by atoms with van der Waals surface area (Å²) in [5, 5.41) is 10.9. The molecule has 5 nitrogen and oxygen atoms in total. The number of benzene rings is 1. The summed E-state index contributed by atoms with van der Waals surface area (Å²) in [6, 6.07) is 3.17. The van der Waals surface area contributed by atoms with Gasteiger partial charge in [0.2, 0.25) is 0 Å². The Hall–Kier alpha value is -2.56. The molecule has 0 aliphatic carbocycles. The Balaban J connectivity index is 3.06. The lowest BCUT2D eigenvalue weighted by molar-refractivity contribution is -0.144. The number of amides is 1. The van der Waals surface area contributed by atoms with Crippen molar-refractivity contribution in [2.75, 3.05) is 11.9 Å². The molecule has 0 saturated heterocycles. The normalized spacial score (nSPS) is 10.7. The molecule has 21 heavy (non-hydrogen) atoms. The summed E-state index contributed by atoms with van der Waals surface area (Å²) >= 11 is 0. The lowest BCUT2D eigenvalue weighted by Gasteiger charge is -2.14. The van der Waals surface area contributed by atoms with Gasteiger partial charge >= 0.3 is 12.1 Å². The third-order valence-corrected chi connectivity index (χ3v) is 2.47. The van der Waals surface area contributed by atoms with Gasteiger partial charge in [-0.1, -0.05) is 0 Å². The second-order valence-electron chi connectivity index (χ2n) is 4.15. The van der Waals surface area contributed by atoms with Crippen LogP contribution in [0, 0.1) is 18.3 Å². The third kappa shape index (κ3) is 4.49. The first-order valence-corrected chi connectivity index (χ1v) is 5.70. The van der Waals surface area contributed by atoms with Gasteiger partial charge in [-0.15, -0.1) is 0 Å². The van der Waals surface area contributed by atoms with Crippen LogP contribution >= 0.6 is 0 Å². The Morgan fingerprint density at radius 1 is 1.38 bits per heavy atom. The number of esters is 1. The van der Waals surface area contributed by atoms with Crippen LogP contribution in [-0.2, 0) is 20.5 Å². The van der Waals surface area contributed by atoms with Crippen LogP contribution in [0.5, 0.6) is 0 Å². The predicted octanol–water partition coefficient (Wildman–Crippen LogP) is 2.39. The van der Waals surface area contributed by atoms with Gasteiger partial charge in [-0.05, 0) is 24.6 Å². The molecule has 0 atom stereocenters. The second-order valence-corrected chi connectivity index (χ2v) is 4.15. The van der Waals surface area contributed by atoms with Gasteiger partial charge in [0.05, 0.1) is 17.2 Å². The van der Waals surface area contributed by atoms with E-state index in [4.69, 9.17) is 5.26 Å². The van der Waals surface area contributed by atoms with Gasteiger partial charge in [0.1, 0.15) is 0 Å². The van der Waals surface area contributed by atoms with Crippen molar-refractivity contribution in [2.24, 2.45) is 0 Å². The number of anilines is 1. The van der Waals surface area contributed by atoms with Crippen molar-refractivity contribution in [3.05, 3.63) is 28.8 Å². The fourth-order valence-electron chi connectivity index (χ4n) is 1.52. The summed E-state index contributed by atoms with van der Waals surface area (Å²) in [6.07, 6.45) is -4.71. The van der Waals surface area contributed by atoms with Gasteiger partial charge in [-0.25, -0.2) is 0 Å². The van der Waals surface area contributed by atoms with Gasteiger partial charge in [0.15, 0.2) is 6.61 Å². The smallest absolute Gasteiger partial charge is 0.417 e. The van der Waals surface area contributed by atoms with E-state index in [1.807, 2.05) is 0 Å². The number of hydrogen-bond donors (Lipinski definition) is 1. The number of rotatable bonds is 3. The molecule has 1 rings (SSSR count). The number of halogens is 3. The van der Waals surface area contributed by atoms with Crippen molar-refractivity contribution in [2.45, 2.75) is 20.0 Å². The molecular weight excluding hydrogens is 289 g/mol. The molecule has 1 aromatic rings. The molecular formula is C13H11F3N2O3. The van der Waals surface area contributed by atoms with Crippen molar-refractivity contribution < 1.29 is 27.5 Å². The number of carbonyl (C=O) groups excluding carboxylic acids is 2. The monoisotopic (exact) mass is 300 g/mol. The Bertz CT molecular complexity index is 618. The topological polar surface area (TPSA) is 79.2 Å². The molecule has 0 unspecified atom stereocenters. The van der Waals surface area contributed by atoms with Crippen molar-refractivity contribution in [3.63, 3.8) is 0 Å². The van der Waals surface area contributed by atoms with Gasteiger partial charge in [0, 0.05) is 12.6 Å². The van der Waals surface area contributed by atoms with Crippen LogP contribution in [0.25, 0.3) is 0 Å². The quantitative estimate of drug-likeness (QED) is 0.869. The predicted molar refractivity (Wildman–Crippen MR) is 66.2 cm³/mol. The first-order chi connectivity index (χ1) is 9.65. The minimum Gasteiger partial charge on any atom is -0.456 e. The highest BCUT2D eigenvalue weighted by Gasteiger charge is 2.34. The number of nitriles is 1. The fraction of sp³-hybridized carbons (Fsp3) is 0.308. The standard InChI is InChI=1S/C13H11F3N2O3/c1-7-3-9(5-17)10(13(14,15)16)4-11(7)18-12(20)6-21-8(2)19/h3-4H,6H2,1-2H3,(H,18,20). The van der Waals surface area contributed by atoms with Gasteiger partial charge in [-0.3, -0.25) is 9.59 Å². The van der Waals surface area contributed by atoms with E-state index in [2.05, 4.69) is 10.1 Å². The minimum atomic E-state index is -4.71. The number of ether oxygens (including phenoxy) is 1. The zero-order chi connectivity index (χ0) is 16.2. The average molecular weight is 300 g/mol. The van der Waals surface area contributed by atoms with E-state index in [1.165, 1.54) is 13.0 Å². The van der Waals surface area contributed by atoms with E-state index in [9.17, 15) is 22.8 Å².